The van der Waals surface area contributed by atoms with Gasteiger partial charge in [-0.3, -0.25) is 9.69 Å². The van der Waals surface area contributed by atoms with Crippen LogP contribution in [-0.2, 0) is 18.3 Å². The Morgan fingerprint density at radius 3 is 2.53 bits per heavy atom. The molecule has 2 aromatic rings. The predicted molar refractivity (Wildman–Crippen MR) is 125 cm³/mol. The first-order valence-electron chi connectivity index (χ1n) is 11.9. The Labute approximate surface area is 198 Å². The van der Waals surface area contributed by atoms with Crippen LogP contribution in [0.3, 0.4) is 0 Å². The number of aromatic nitrogens is 1. The number of hydrogen-bond acceptors (Lipinski definition) is 4. The average Bonchev–Trinajstić information content (AvgIpc) is 3.07. The van der Waals surface area contributed by atoms with Gasteiger partial charge in [0.25, 0.3) is 5.91 Å². The quantitative estimate of drug-likeness (QED) is 0.545. The number of carbonyl (C=O) groups is 1. The summed E-state index contributed by atoms with van der Waals surface area (Å²) in [6.07, 6.45) is 1.47. The Morgan fingerprint density at radius 2 is 1.91 bits per heavy atom. The molecule has 1 aliphatic heterocycles. The topological polar surface area (TPSA) is 54.5 Å². The van der Waals surface area contributed by atoms with Crippen molar-refractivity contribution in [3.63, 3.8) is 0 Å². The van der Waals surface area contributed by atoms with Gasteiger partial charge >= 0.3 is 6.18 Å². The summed E-state index contributed by atoms with van der Waals surface area (Å²) in [4.78, 5) is 18.8. The van der Waals surface area contributed by atoms with Gasteiger partial charge in [-0.05, 0) is 80.8 Å². The fourth-order valence-corrected chi connectivity index (χ4v) is 5.48. The highest BCUT2D eigenvalue weighted by Crippen LogP contribution is 2.46. The molecule has 1 aromatic heterocycles. The largest absolute Gasteiger partial charge is 0.495 e. The van der Waals surface area contributed by atoms with Gasteiger partial charge < -0.3 is 10.1 Å². The molecule has 2 aliphatic rings. The summed E-state index contributed by atoms with van der Waals surface area (Å²) in [7, 11) is 1.52. The molecule has 5 nitrogen and oxygen atoms in total. The summed E-state index contributed by atoms with van der Waals surface area (Å²) >= 11 is 0. The van der Waals surface area contributed by atoms with Crippen LogP contribution in [0.2, 0.25) is 0 Å². The Hall–Kier alpha value is -2.61. The molecule has 0 saturated heterocycles. The molecule has 0 radical (unpaired) electrons. The molecule has 2 heterocycles. The number of pyridine rings is 1. The molecule has 1 amide bonds. The van der Waals surface area contributed by atoms with Gasteiger partial charge in [0.1, 0.15) is 17.1 Å². The van der Waals surface area contributed by atoms with E-state index in [4.69, 9.17) is 4.74 Å². The molecule has 0 spiro atoms. The standard InChI is InChI=1S/C26H32F3N3O2/c1-5-16-9-11-18(12-10-16)32-15-17-13-21(22(34-4)14-19(17)25(32,2)3)31-24(33)20-7-6-8-23(30-20)26(27,28)29/h6-8,13-14,16,18H,5,9-12,15H2,1-4H3,(H,31,33). The number of fused-ring (bicyclic) bond motifs is 1. The summed E-state index contributed by atoms with van der Waals surface area (Å²) < 4.78 is 44.6. The van der Waals surface area contributed by atoms with Crippen molar-refractivity contribution in [2.45, 2.75) is 77.2 Å². The number of amides is 1. The first-order valence-corrected chi connectivity index (χ1v) is 11.9. The minimum absolute atomic E-state index is 0.183. The van der Waals surface area contributed by atoms with E-state index in [0.29, 0.717) is 17.5 Å². The lowest BCUT2D eigenvalue weighted by Crippen LogP contribution is -2.44. The molecular weight excluding hydrogens is 443 g/mol. The number of alkyl halides is 3. The zero-order valence-corrected chi connectivity index (χ0v) is 20.1. The Bertz CT molecular complexity index is 1060. The highest BCUT2D eigenvalue weighted by Gasteiger charge is 2.42. The van der Waals surface area contributed by atoms with E-state index >= 15 is 0 Å². The van der Waals surface area contributed by atoms with Crippen LogP contribution in [0.15, 0.2) is 30.3 Å². The van der Waals surface area contributed by atoms with E-state index in [1.54, 1.807) is 0 Å². The summed E-state index contributed by atoms with van der Waals surface area (Å²) in [5, 5.41) is 2.71. The number of methoxy groups -OCH3 is 1. The molecule has 0 unspecified atom stereocenters. The Morgan fingerprint density at radius 1 is 1.21 bits per heavy atom. The third kappa shape index (κ3) is 4.65. The molecule has 1 fully saturated rings. The maximum absolute atomic E-state index is 13.0. The van der Waals surface area contributed by atoms with Crippen LogP contribution in [0.4, 0.5) is 18.9 Å². The number of carbonyl (C=O) groups excluding carboxylic acids is 1. The van der Waals surface area contributed by atoms with Crippen molar-refractivity contribution in [2.24, 2.45) is 5.92 Å². The molecule has 1 N–H and O–H groups in total. The van der Waals surface area contributed by atoms with Crippen LogP contribution in [0.5, 0.6) is 5.75 Å². The molecule has 1 saturated carbocycles. The van der Waals surface area contributed by atoms with E-state index in [1.165, 1.54) is 51.3 Å². The molecule has 4 rings (SSSR count). The Kier molecular flexibility index (Phi) is 6.64. The van der Waals surface area contributed by atoms with Gasteiger partial charge in [0.05, 0.1) is 12.8 Å². The van der Waals surface area contributed by atoms with Crippen molar-refractivity contribution in [1.82, 2.24) is 9.88 Å². The van der Waals surface area contributed by atoms with E-state index < -0.39 is 17.8 Å². The molecule has 0 bridgehead atoms. The fourth-order valence-electron chi connectivity index (χ4n) is 5.48. The summed E-state index contributed by atoms with van der Waals surface area (Å²) in [5.41, 5.74) is 1.09. The van der Waals surface area contributed by atoms with Crippen LogP contribution in [0.1, 0.15) is 80.2 Å². The minimum Gasteiger partial charge on any atom is -0.495 e. The highest BCUT2D eigenvalue weighted by molar-refractivity contribution is 6.03. The van der Waals surface area contributed by atoms with E-state index in [9.17, 15) is 18.0 Å². The second-order valence-electron chi connectivity index (χ2n) is 9.84. The van der Waals surface area contributed by atoms with E-state index in [0.717, 1.165) is 29.7 Å². The fraction of sp³-hybridized carbons (Fsp3) is 0.538. The molecule has 8 heteroatoms. The molecule has 1 aliphatic carbocycles. The van der Waals surface area contributed by atoms with Crippen LogP contribution in [0.25, 0.3) is 0 Å². The van der Waals surface area contributed by atoms with Gasteiger partial charge in [0.15, 0.2) is 0 Å². The van der Waals surface area contributed by atoms with E-state index in [1.807, 2.05) is 12.1 Å². The molecule has 0 atom stereocenters. The number of nitrogens with one attached hydrogen (secondary N) is 1. The number of halogens is 3. The van der Waals surface area contributed by atoms with Crippen molar-refractivity contribution in [3.8, 4) is 5.75 Å². The molecule has 184 valence electrons. The van der Waals surface area contributed by atoms with E-state index in [2.05, 4.69) is 36.0 Å². The first-order chi connectivity index (χ1) is 16.0. The minimum atomic E-state index is -4.62. The normalized spacial score (nSPS) is 22.3. The number of benzene rings is 1. The van der Waals surface area contributed by atoms with Gasteiger partial charge in [-0.15, -0.1) is 0 Å². The lowest BCUT2D eigenvalue weighted by Gasteiger charge is -2.42. The average molecular weight is 476 g/mol. The highest BCUT2D eigenvalue weighted by atomic mass is 19.4. The number of hydrogen-bond donors (Lipinski definition) is 1. The van der Waals surface area contributed by atoms with Crippen molar-refractivity contribution in [3.05, 3.63) is 52.8 Å². The lowest BCUT2D eigenvalue weighted by atomic mass is 9.82. The molecular formula is C26H32F3N3O2. The zero-order valence-electron chi connectivity index (χ0n) is 20.1. The summed E-state index contributed by atoms with van der Waals surface area (Å²) in [6.45, 7) is 7.46. The van der Waals surface area contributed by atoms with Crippen molar-refractivity contribution < 1.29 is 22.7 Å². The number of ether oxygens (including phenoxy) is 1. The van der Waals surface area contributed by atoms with Crippen LogP contribution in [0, 0.1) is 5.92 Å². The summed E-state index contributed by atoms with van der Waals surface area (Å²) in [5.74, 6) is 0.579. The van der Waals surface area contributed by atoms with Gasteiger partial charge in [-0.2, -0.15) is 13.2 Å². The van der Waals surface area contributed by atoms with Crippen molar-refractivity contribution in [1.29, 1.82) is 0 Å². The molecule has 34 heavy (non-hydrogen) atoms. The smallest absolute Gasteiger partial charge is 0.433 e. The Balaban J connectivity index is 1.58. The monoisotopic (exact) mass is 475 g/mol. The van der Waals surface area contributed by atoms with Gasteiger partial charge in [0, 0.05) is 18.1 Å². The molecule has 1 aromatic carbocycles. The van der Waals surface area contributed by atoms with Crippen LogP contribution in [-0.4, -0.2) is 28.9 Å². The third-order valence-electron chi connectivity index (χ3n) is 7.50. The first kappa shape index (κ1) is 24.5. The van der Waals surface area contributed by atoms with Crippen LogP contribution >= 0.6 is 0 Å². The third-order valence-corrected chi connectivity index (χ3v) is 7.50. The maximum Gasteiger partial charge on any atom is 0.433 e. The lowest BCUT2D eigenvalue weighted by molar-refractivity contribution is -0.141. The summed E-state index contributed by atoms with van der Waals surface area (Å²) in [6, 6.07) is 7.63. The maximum atomic E-state index is 13.0. The van der Waals surface area contributed by atoms with Gasteiger partial charge in [-0.25, -0.2) is 4.98 Å². The zero-order chi connectivity index (χ0) is 24.7. The SMILES string of the molecule is CCC1CCC(N2Cc3cc(NC(=O)c4cccc(C(F)(F)F)n4)c(OC)cc3C2(C)C)CC1. The van der Waals surface area contributed by atoms with Crippen molar-refractivity contribution >= 4 is 11.6 Å². The van der Waals surface area contributed by atoms with Gasteiger partial charge in [-0.1, -0.05) is 19.4 Å². The number of rotatable bonds is 5. The van der Waals surface area contributed by atoms with Crippen LogP contribution < -0.4 is 10.1 Å². The second kappa shape index (κ2) is 9.21. The second-order valence-corrected chi connectivity index (χ2v) is 9.84. The van der Waals surface area contributed by atoms with Gasteiger partial charge in [0.2, 0.25) is 0 Å². The number of nitrogens with zero attached hydrogens (tertiary/aromatic N) is 2. The van der Waals surface area contributed by atoms with Crippen molar-refractivity contribution in [2.75, 3.05) is 12.4 Å². The predicted octanol–water partition coefficient (Wildman–Crippen LogP) is 6.38. The van der Waals surface area contributed by atoms with E-state index in [-0.39, 0.29) is 11.2 Å². The number of anilines is 1.